The molecule has 2 aromatic carbocycles. The summed E-state index contributed by atoms with van der Waals surface area (Å²) in [4.78, 5) is 34.9. The molecule has 29 heavy (non-hydrogen) atoms. The number of ether oxygens (including phenoxy) is 1. The topological polar surface area (TPSA) is 105 Å². The molecule has 1 atom stereocenters. The van der Waals surface area contributed by atoms with E-state index in [0.29, 0.717) is 17.7 Å². The molecule has 2 amide bonds. The lowest BCUT2D eigenvalue weighted by atomic mass is 9.93. The van der Waals surface area contributed by atoms with Gasteiger partial charge in [0.05, 0.1) is 13.5 Å². The number of methoxy groups -OCH3 is 1. The Morgan fingerprint density at radius 3 is 2.24 bits per heavy atom. The highest BCUT2D eigenvalue weighted by Gasteiger charge is 2.15. The number of hydrogen-bond donors (Lipinski definition) is 3. The molecule has 7 nitrogen and oxygen atoms in total. The fraction of sp³-hybridized carbons (Fsp3) is 0.318. The summed E-state index contributed by atoms with van der Waals surface area (Å²) in [5.41, 5.74) is 2.08. The Balaban J connectivity index is 1.90. The molecule has 1 unspecified atom stereocenters. The molecule has 0 saturated carbocycles. The lowest BCUT2D eigenvalue weighted by Gasteiger charge is -2.16. The molecule has 0 saturated heterocycles. The van der Waals surface area contributed by atoms with E-state index in [2.05, 4.69) is 10.6 Å². The van der Waals surface area contributed by atoms with Crippen molar-refractivity contribution in [3.8, 4) is 5.75 Å². The van der Waals surface area contributed by atoms with Crippen molar-refractivity contribution in [2.75, 3.05) is 19.0 Å². The predicted molar refractivity (Wildman–Crippen MR) is 110 cm³/mol. The van der Waals surface area contributed by atoms with Crippen molar-refractivity contribution >= 4 is 23.5 Å². The Labute approximate surface area is 170 Å². The van der Waals surface area contributed by atoms with Gasteiger partial charge in [-0.1, -0.05) is 19.1 Å². The number of carbonyl (C=O) groups excluding carboxylic acids is 2. The lowest BCUT2D eigenvalue weighted by Crippen LogP contribution is -2.25. The van der Waals surface area contributed by atoms with Gasteiger partial charge in [0.2, 0.25) is 5.91 Å². The van der Waals surface area contributed by atoms with Crippen molar-refractivity contribution < 1.29 is 24.2 Å². The fourth-order valence-electron chi connectivity index (χ4n) is 2.90. The number of benzene rings is 2. The molecule has 0 fully saturated rings. The van der Waals surface area contributed by atoms with Gasteiger partial charge < -0.3 is 20.5 Å². The normalized spacial score (nSPS) is 11.4. The number of nitrogens with one attached hydrogen (secondary N) is 2. The smallest absolute Gasteiger partial charge is 0.305 e. The third kappa shape index (κ3) is 6.95. The minimum Gasteiger partial charge on any atom is -0.497 e. The average Bonchev–Trinajstić information content (AvgIpc) is 2.72. The summed E-state index contributed by atoms with van der Waals surface area (Å²) < 4.78 is 5.17. The Kier molecular flexibility index (Phi) is 8.21. The third-order valence-corrected chi connectivity index (χ3v) is 4.57. The molecule has 0 bridgehead atoms. The Bertz CT molecular complexity index is 831. The number of rotatable bonds is 10. The Morgan fingerprint density at radius 2 is 1.69 bits per heavy atom. The summed E-state index contributed by atoms with van der Waals surface area (Å²) in [5.74, 6) is -0.551. The van der Waals surface area contributed by atoms with Gasteiger partial charge in [-0.2, -0.15) is 0 Å². The van der Waals surface area contributed by atoms with Gasteiger partial charge in [-0.25, -0.2) is 0 Å². The van der Waals surface area contributed by atoms with Crippen molar-refractivity contribution in [2.24, 2.45) is 0 Å². The summed E-state index contributed by atoms with van der Waals surface area (Å²) in [6.07, 6.45) is 1.04. The second-order valence-electron chi connectivity index (χ2n) is 6.61. The van der Waals surface area contributed by atoms with Crippen molar-refractivity contribution in [3.05, 3.63) is 59.7 Å². The van der Waals surface area contributed by atoms with Gasteiger partial charge in [-0.3, -0.25) is 14.4 Å². The van der Waals surface area contributed by atoms with Gasteiger partial charge in [-0.15, -0.1) is 0 Å². The number of anilines is 1. The fourth-order valence-corrected chi connectivity index (χ4v) is 2.90. The van der Waals surface area contributed by atoms with E-state index >= 15 is 0 Å². The molecule has 0 aromatic heterocycles. The van der Waals surface area contributed by atoms with Gasteiger partial charge >= 0.3 is 5.97 Å². The van der Waals surface area contributed by atoms with Crippen molar-refractivity contribution in [3.63, 3.8) is 0 Å². The maximum atomic E-state index is 12.4. The van der Waals surface area contributed by atoms with Crippen LogP contribution in [0.25, 0.3) is 0 Å². The van der Waals surface area contributed by atoms with E-state index in [9.17, 15) is 14.4 Å². The number of carboxylic acid groups (broad SMARTS) is 1. The van der Waals surface area contributed by atoms with Crippen LogP contribution in [-0.2, 0) is 9.59 Å². The van der Waals surface area contributed by atoms with Crippen LogP contribution in [0.1, 0.15) is 48.0 Å². The van der Waals surface area contributed by atoms with Crippen LogP contribution in [0, 0.1) is 0 Å². The van der Waals surface area contributed by atoms with E-state index in [0.717, 1.165) is 17.7 Å². The molecule has 0 radical (unpaired) electrons. The molecule has 154 valence electrons. The van der Waals surface area contributed by atoms with E-state index in [4.69, 9.17) is 9.84 Å². The number of carboxylic acids is 1. The van der Waals surface area contributed by atoms with Crippen LogP contribution in [0.15, 0.2) is 48.5 Å². The van der Waals surface area contributed by atoms with Crippen LogP contribution in [0.4, 0.5) is 5.69 Å². The maximum absolute atomic E-state index is 12.4. The summed E-state index contributed by atoms with van der Waals surface area (Å²) in [6, 6.07) is 14.2. The van der Waals surface area contributed by atoms with Crippen molar-refractivity contribution in [2.45, 2.75) is 32.1 Å². The van der Waals surface area contributed by atoms with Crippen molar-refractivity contribution in [1.29, 1.82) is 0 Å². The summed E-state index contributed by atoms with van der Waals surface area (Å²) in [5, 5.41) is 14.0. The van der Waals surface area contributed by atoms with Crippen LogP contribution >= 0.6 is 0 Å². The van der Waals surface area contributed by atoms with E-state index in [1.807, 2.05) is 31.2 Å². The molecule has 0 spiro atoms. The Morgan fingerprint density at radius 1 is 1.03 bits per heavy atom. The van der Waals surface area contributed by atoms with Gasteiger partial charge in [-0.05, 0) is 54.3 Å². The first-order chi connectivity index (χ1) is 13.9. The highest BCUT2D eigenvalue weighted by atomic mass is 16.5. The second-order valence-corrected chi connectivity index (χ2v) is 6.61. The number of amides is 2. The van der Waals surface area contributed by atoms with Crippen LogP contribution in [-0.4, -0.2) is 36.5 Å². The molecule has 3 N–H and O–H groups in total. The Hall–Kier alpha value is -3.35. The van der Waals surface area contributed by atoms with Gasteiger partial charge in [0.25, 0.3) is 5.91 Å². The van der Waals surface area contributed by atoms with Gasteiger partial charge in [0, 0.05) is 24.2 Å². The van der Waals surface area contributed by atoms with Gasteiger partial charge in [0.15, 0.2) is 0 Å². The van der Waals surface area contributed by atoms with E-state index < -0.39 is 5.97 Å². The summed E-state index contributed by atoms with van der Waals surface area (Å²) in [6.45, 7) is 2.11. The molecule has 0 aliphatic carbocycles. The second kappa shape index (κ2) is 10.8. The van der Waals surface area contributed by atoms with Crippen LogP contribution in [0.5, 0.6) is 5.75 Å². The molecule has 0 aliphatic rings. The quantitative estimate of drug-likeness (QED) is 0.569. The van der Waals surface area contributed by atoms with E-state index in [-0.39, 0.29) is 30.7 Å². The minimum atomic E-state index is -0.969. The largest absolute Gasteiger partial charge is 0.497 e. The van der Waals surface area contributed by atoms with Crippen LogP contribution in [0.3, 0.4) is 0 Å². The molecule has 0 heterocycles. The summed E-state index contributed by atoms with van der Waals surface area (Å²) in [7, 11) is 1.62. The van der Waals surface area contributed by atoms with Crippen LogP contribution < -0.4 is 15.4 Å². The molecular formula is C22H26N2O5. The number of hydrogen-bond acceptors (Lipinski definition) is 4. The first kappa shape index (κ1) is 21.9. The maximum Gasteiger partial charge on any atom is 0.305 e. The zero-order valence-corrected chi connectivity index (χ0v) is 16.6. The monoisotopic (exact) mass is 398 g/mol. The lowest BCUT2D eigenvalue weighted by molar-refractivity contribution is -0.136. The minimum absolute atomic E-state index is 0.0659. The predicted octanol–water partition coefficient (Wildman–Crippen LogP) is 3.42. The standard InChI is InChI=1S/C22H26N2O5/c1-3-15(16-6-10-19(29-2)11-7-16)14-20(25)24-18-8-4-17(5-9-18)22(28)23-13-12-21(26)27/h4-11,15H,3,12-14H2,1-2H3,(H,23,28)(H,24,25)(H,26,27). The van der Waals surface area contributed by atoms with Gasteiger partial charge in [0.1, 0.15) is 5.75 Å². The van der Waals surface area contributed by atoms with Crippen LogP contribution in [0.2, 0.25) is 0 Å². The third-order valence-electron chi connectivity index (χ3n) is 4.57. The van der Waals surface area contributed by atoms with Crippen molar-refractivity contribution in [1.82, 2.24) is 5.32 Å². The van der Waals surface area contributed by atoms with E-state index in [1.165, 1.54) is 0 Å². The molecule has 7 heteroatoms. The number of carbonyl (C=O) groups is 3. The average molecular weight is 398 g/mol. The zero-order chi connectivity index (χ0) is 21.2. The first-order valence-electron chi connectivity index (χ1n) is 9.46. The molecule has 2 rings (SSSR count). The zero-order valence-electron chi connectivity index (χ0n) is 16.6. The molecule has 0 aliphatic heterocycles. The molecule has 2 aromatic rings. The SMILES string of the molecule is CCC(CC(=O)Nc1ccc(C(=O)NCCC(=O)O)cc1)c1ccc(OC)cc1. The first-order valence-corrected chi connectivity index (χ1v) is 9.46. The van der Waals surface area contributed by atoms with E-state index in [1.54, 1.807) is 31.4 Å². The highest BCUT2D eigenvalue weighted by Crippen LogP contribution is 2.26. The summed E-state index contributed by atoms with van der Waals surface area (Å²) >= 11 is 0. The number of aliphatic carboxylic acids is 1. The highest BCUT2D eigenvalue weighted by molar-refractivity contribution is 5.96. The molecular weight excluding hydrogens is 372 g/mol.